The van der Waals surface area contributed by atoms with Crippen molar-refractivity contribution < 1.29 is 0 Å². The smallest absolute Gasteiger partial charge is 0.0998 e. The molecule has 0 saturated carbocycles. The zero-order valence-electron chi connectivity index (χ0n) is 25.8. The first kappa shape index (κ1) is 27.4. The van der Waals surface area contributed by atoms with Gasteiger partial charge in [-0.05, 0) is 65.7 Å². The van der Waals surface area contributed by atoms with E-state index in [-0.39, 0.29) is 0 Å². The molecule has 0 radical (unpaired) electrons. The van der Waals surface area contributed by atoms with Gasteiger partial charge < -0.3 is 9.13 Å². The quantitative estimate of drug-likeness (QED) is 0.199. The topological polar surface area (TPSA) is 57.4 Å². The molecule has 0 amide bonds. The number of rotatable bonds is 4. The van der Waals surface area contributed by atoms with Crippen LogP contribution in [0, 0.1) is 22.7 Å². The predicted octanol–water partition coefficient (Wildman–Crippen LogP) is 11.0. The Morgan fingerprint density at radius 2 is 0.812 bits per heavy atom. The molecule has 0 aliphatic rings. The molecule has 0 aliphatic carbocycles. The van der Waals surface area contributed by atoms with E-state index in [1.165, 1.54) is 21.5 Å². The second-order valence-electron chi connectivity index (χ2n) is 12.0. The van der Waals surface area contributed by atoms with Crippen LogP contribution in [0.25, 0.3) is 77.2 Å². The summed E-state index contributed by atoms with van der Waals surface area (Å²) in [6.07, 6.45) is 0. The van der Waals surface area contributed by atoms with Crippen LogP contribution in [0.5, 0.6) is 0 Å². The maximum absolute atomic E-state index is 10.5. The Morgan fingerprint density at radius 1 is 0.396 bits per heavy atom. The summed E-state index contributed by atoms with van der Waals surface area (Å²) in [5.74, 6) is 0. The SMILES string of the molecule is N#Cc1cc(-c2ccccc2-n2c3ccccc3c3ccccc32)cc(C#N)c1-c1ccc(-n2c3ccccc3c3ccccc32)cc1. The van der Waals surface area contributed by atoms with Crippen LogP contribution in [0.3, 0.4) is 0 Å². The number of fused-ring (bicyclic) bond motifs is 6. The maximum atomic E-state index is 10.5. The average molecular weight is 611 g/mol. The molecule has 4 nitrogen and oxygen atoms in total. The lowest BCUT2D eigenvalue weighted by Crippen LogP contribution is -1.99. The Bertz CT molecular complexity index is 2660. The fraction of sp³-hybridized carbons (Fsp3) is 0. The van der Waals surface area contributed by atoms with Crippen LogP contribution in [0.2, 0.25) is 0 Å². The van der Waals surface area contributed by atoms with Crippen molar-refractivity contribution in [1.29, 1.82) is 10.5 Å². The van der Waals surface area contributed by atoms with E-state index in [4.69, 9.17) is 0 Å². The third-order valence-electron chi connectivity index (χ3n) is 9.41. The largest absolute Gasteiger partial charge is 0.309 e. The zero-order chi connectivity index (χ0) is 32.2. The standard InChI is InChI=1S/C44H26N4/c45-27-31-25-30(34-11-1-6-16-39(34)48-42-19-9-4-14-37(42)38-15-5-10-20-43(38)48)26-32(28-46)44(31)29-21-23-33(24-22-29)47-40-17-7-2-12-35(40)36-13-3-8-18-41(36)47/h1-26H. The monoisotopic (exact) mass is 610 g/mol. The molecule has 0 fully saturated rings. The van der Waals surface area contributed by atoms with Crippen molar-refractivity contribution >= 4 is 43.6 Å². The van der Waals surface area contributed by atoms with E-state index in [0.717, 1.165) is 50.1 Å². The molecule has 7 aromatic carbocycles. The van der Waals surface area contributed by atoms with E-state index >= 15 is 0 Å². The molecular formula is C44H26N4. The molecule has 2 aromatic heterocycles. The summed E-state index contributed by atoms with van der Waals surface area (Å²) in [5.41, 5.74) is 10.7. The predicted molar refractivity (Wildman–Crippen MR) is 195 cm³/mol. The van der Waals surface area contributed by atoms with Crippen LogP contribution in [-0.2, 0) is 0 Å². The molecule has 0 spiro atoms. The average Bonchev–Trinajstić information content (AvgIpc) is 3.67. The van der Waals surface area contributed by atoms with Crippen LogP contribution in [-0.4, -0.2) is 9.13 Å². The van der Waals surface area contributed by atoms with Crippen molar-refractivity contribution in [3.63, 3.8) is 0 Å². The Balaban J connectivity index is 1.19. The summed E-state index contributed by atoms with van der Waals surface area (Å²) in [6, 6.07) is 58.7. The van der Waals surface area contributed by atoms with Crippen molar-refractivity contribution in [2.45, 2.75) is 0 Å². The van der Waals surface area contributed by atoms with Crippen LogP contribution in [0.15, 0.2) is 158 Å². The summed E-state index contributed by atoms with van der Waals surface area (Å²) >= 11 is 0. The molecule has 4 heteroatoms. The van der Waals surface area contributed by atoms with Gasteiger partial charge >= 0.3 is 0 Å². The van der Waals surface area contributed by atoms with Crippen molar-refractivity contribution in [2.24, 2.45) is 0 Å². The van der Waals surface area contributed by atoms with Gasteiger partial charge in [0, 0.05) is 38.4 Å². The first-order valence-corrected chi connectivity index (χ1v) is 15.9. The number of hydrogen-bond donors (Lipinski definition) is 0. The van der Waals surface area contributed by atoms with Crippen LogP contribution < -0.4 is 0 Å². The lowest BCUT2D eigenvalue weighted by Gasteiger charge is -2.16. The minimum atomic E-state index is 0.464. The Morgan fingerprint density at radius 3 is 1.29 bits per heavy atom. The number of hydrogen-bond acceptors (Lipinski definition) is 2. The van der Waals surface area contributed by atoms with E-state index < -0.39 is 0 Å². The van der Waals surface area contributed by atoms with E-state index in [1.54, 1.807) is 0 Å². The Hall–Kier alpha value is -6.88. The molecule has 9 aromatic rings. The van der Waals surface area contributed by atoms with Crippen LogP contribution >= 0.6 is 0 Å². The molecule has 9 rings (SSSR count). The van der Waals surface area contributed by atoms with Gasteiger partial charge in [0.15, 0.2) is 0 Å². The molecule has 0 bridgehead atoms. The summed E-state index contributed by atoms with van der Waals surface area (Å²) in [7, 11) is 0. The van der Waals surface area contributed by atoms with E-state index in [0.29, 0.717) is 16.7 Å². The molecular weight excluding hydrogens is 585 g/mol. The fourth-order valence-electron chi connectivity index (χ4n) is 7.36. The minimum Gasteiger partial charge on any atom is -0.309 e. The molecule has 48 heavy (non-hydrogen) atoms. The minimum absolute atomic E-state index is 0.464. The Labute approximate surface area is 277 Å². The van der Waals surface area contributed by atoms with Gasteiger partial charge in [-0.25, -0.2) is 0 Å². The highest BCUT2D eigenvalue weighted by atomic mass is 15.0. The van der Waals surface area contributed by atoms with Gasteiger partial charge in [-0.3, -0.25) is 0 Å². The van der Waals surface area contributed by atoms with Gasteiger partial charge in [-0.15, -0.1) is 0 Å². The van der Waals surface area contributed by atoms with Gasteiger partial charge in [0.25, 0.3) is 0 Å². The van der Waals surface area contributed by atoms with Crippen LogP contribution in [0.1, 0.15) is 11.1 Å². The highest BCUT2D eigenvalue weighted by molar-refractivity contribution is 6.10. The molecule has 2 heterocycles. The number of nitrogens with zero attached hydrogens (tertiary/aromatic N) is 4. The van der Waals surface area contributed by atoms with E-state index in [9.17, 15) is 10.5 Å². The summed E-state index contributed by atoms with van der Waals surface area (Å²) in [5, 5.41) is 25.7. The van der Waals surface area contributed by atoms with E-state index in [2.05, 4.69) is 143 Å². The van der Waals surface area contributed by atoms with Gasteiger partial charge in [0.1, 0.15) is 0 Å². The second kappa shape index (κ2) is 10.9. The van der Waals surface area contributed by atoms with Gasteiger partial charge in [-0.1, -0.05) is 103 Å². The third kappa shape index (κ3) is 4.07. The van der Waals surface area contributed by atoms with Crippen molar-refractivity contribution in [3.8, 4) is 45.8 Å². The van der Waals surface area contributed by atoms with Gasteiger partial charge in [-0.2, -0.15) is 10.5 Å². The van der Waals surface area contributed by atoms with Crippen molar-refractivity contribution in [1.82, 2.24) is 9.13 Å². The summed E-state index contributed by atoms with van der Waals surface area (Å²) < 4.78 is 4.54. The van der Waals surface area contributed by atoms with Crippen LogP contribution in [0.4, 0.5) is 0 Å². The molecule has 0 unspecified atom stereocenters. The number of para-hydroxylation sites is 5. The number of aromatic nitrogens is 2. The van der Waals surface area contributed by atoms with Crippen molar-refractivity contribution in [2.75, 3.05) is 0 Å². The molecule has 0 N–H and O–H groups in total. The van der Waals surface area contributed by atoms with E-state index in [1.807, 2.05) is 36.4 Å². The Kier molecular flexibility index (Phi) is 6.22. The second-order valence-corrected chi connectivity index (χ2v) is 12.0. The normalized spacial score (nSPS) is 11.3. The highest BCUT2D eigenvalue weighted by Gasteiger charge is 2.19. The fourth-order valence-corrected chi connectivity index (χ4v) is 7.36. The summed E-state index contributed by atoms with van der Waals surface area (Å²) in [6.45, 7) is 0. The summed E-state index contributed by atoms with van der Waals surface area (Å²) in [4.78, 5) is 0. The molecule has 0 aliphatic heterocycles. The number of nitriles is 2. The highest BCUT2D eigenvalue weighted by Crippen LogP contribution is 2.39. The lowest BCUT2D eigenvalue weighted by atomic mass is 9.90. The lowest BCUT2D eigenvalue weighted by molar-refractivity contribution is 1.18. The first-order valence-electron chi connectivity index (χ1n) is 15.9. The maximum Gasteiger partial charge on any atom is 0.0998 e. The van der Waals surface area contributed by atoms with Gasteiger partial charge in [0.2, 0.25) is 0 Å². The zero-order valence-corrected chi connectivity index (χ0v) is 25.8. The molecule has 222 valence electrons. The molecule has 0 saturated heterocycles. The van der Waals surface area contributed by atoms with Crippen molar-refractivity contribution in [3.05, 3.63) is 169 Å². The first-order chi connectivity index (χ1) is 23.7. The van der Waals surface area contributed by atoms with Gasteiger partial charge in [0.05, 0.1) is 51.0 Å². The number of benzene rings is 7. The molecule has 0 atom stereocenters. The third-order valence-corrected chi connectivity index (χ3v) is 9.41.